The van der Waals surface area contributed by atoms with Crippen LogP contribution in [0.15, 0.2) is 6.20 Å². The minimum atomic E-state index is -0.743. The molecule has 0 saturated carbocycles. The summed E-state index contributed by atoms with van der Waals surface area (Å²) in [6.45, 7) is 2.07. The van der Waals surface area contributed by atoms with Gasteiger partial charge in [0.2, 0.25) is 0 Å². The van der Waals surface area contributed by atoms with Crippen molar-refractivity contribution in [2.75, 3.05) is 13.1 Å². The van der Waals surface area contributed by atoms with Crippen molar-refractivity contribution in [1.82, 2.24) is 10.3 Å². The molecular weight excluding hydrogens is 212 g/mol. The van der Waals surface area contributed by atoms with E-state index in [0.29, 0.717) is 12.3 Å². The fraction of sp³-hybridized carbons (Fsp3) is 0.600. The molecule has 0 aliphatic carbocycles. The van der Waals surface area contributed by atoms with Gasteiger partial charge in [-0.25, -0.2) is 4.98 Å². The lowest BCUT2D eigenvalue weighted by Gasteiger charge is -2.01. The summed E-state index contributed by atoms with van der Waals surface area (Å²) in [7, 11) is 0. The first-order valence-corrected chi connectivity index (χ1v) is 5.94. The Morgan fingerprint density at radius 2 is 2.60 bits per heavy atom. The lowest BCUT2D eigenvalue weighted by Crippen LogP contribution is -2.07. The third-order valence-electron chi connectivity index (χ3n) is 2.57. The first kappa shape index (κ1) is 10.6. The fourth-order valence-electron chi connectivity index (χ4n) is 1.72. The molecule has 2 rings (SSSR count). The Hall–Kier alpha value is -0.940. The second kappa shape index (κ2) is 4.72. The van der Waals surface area contributed by atoms with Crippen molar-refractivity contribution < 1.29 is 9.90 Å². The SMILES string of the molecule is O=C(O)CCc1cnc(C2CCNC2)s1. The van der Waals surface area contributed by atoms with Crippen molar-refractivity contribution in [3.05, 3.63) is 16.1 Å². The summed E-state index contributed by atoms with van der Waals surface area (Å²) in [4.78, 5) is 15.9. The maximum Gasteiger partial charge on any atom is 0.303 e. The summed E-state index contributed by atoms with van der Waals surface area (Å²) in [5.74, 6) is -0.207. The standard InChI is InChI=1S/C10H14N2O2S/c13-9(14)2-1-8-6-12-10(15-8)7-3-4-11-5-7/h6-7,11H,1-5H2,(H,13,14). The van der Waals surface area contributed by atoms with Crippen molar-refractivity contribution in [2.45, 2.75) is 25.2 Å². The molecule has 1 aromatic rings. The Morgan fingerprint density at radius 3 is 3.27 bits per heavy atom. The lowest BCUT2D eigenvalue weighted by molar-refractivity contribution is -0.136. The number of rotatable bonds is 4. The van der Waals surface area contributed by atoms with Crippen LogP contribution < -0.4 is 5.32 Å². The number of thiazole rings is 1. The zero-order valence-electron chi connectivity index (χ0n) is 8.40. The van der Waals surface area contributed by atoms with Crippen LogP contribution in [0.25, 0.3) is 0 Å². The highest BCUT2D eigenvalue weighted by atomic mass is 32.1. The number of carboxylic acids is 1. The molecule has 1 aromatic heterocycles. The molecule has 1 atom stereocenters. The molecule has 0 amide bonds. The summed E-state index contributed by atoms with van der Waals surface area (Å²) in [5.41, 5.74) is 0. The molecule has 1 unspecified atom stereocenters. The molecule has 5 heteroatoms. The van der Waals surface area contributed by atoms with E-state index in [9.17, 15) is 4.79 Å². The Morgan fingerprint density at radius 1 is 1.73 bits per heavy atom. The molecule has 82 valence electrons. The zero-order chi connectivity index (χ0) is 10.7. The van der Waals surface area contributed by atoms with E-state index in [1.807, 2.05) is 6.20 Å². The van der Waals surface area contributed by atoms with E-state index in [4.69, 9.17) is 5.11 Å². The maximum atomic E-state index is 10.4. The second-order valence-electron chi connectivity index (χ2n) is 3.75. The number of hydrogen-bond acceptors (Lipinski definition) is 4. The molecule has 15 heavy (non-hydrogen) atoms. The predicted octanol–water partition coefficient (Wildman–Crippen LogP) is 1.24. The van der Waals surface area contributed by atoms with Gasteiger partial charge in [-0.05, 0) is 19.4 Å². The number of aliphatic carboxylic acids is 1. The second-order valence-corrected chi connectivity index (χ2v) is 4.90. The highest BCUT2D eigenvalue weighted by Gasteiger charge is 2.19. The van der Waals surface area contributed by atoms with Crippen molar-refractivity contribution in [3.8, 4) is 0 Å². The smallest absolute Gasteiger partial charge is 0.303 e. The van der Waals surface area contributed by atoms with Gasteiger partial charge in [-0.15, -0.1) is 11.3 Å². The van der Waals surface area contributed by atoms with E-state index in [0.717, 1.165) is 29.4 Å². The summed E-state index contributed by atoms with van der Waals surface area (Å²) in [5, 5.41) is 13.0. The summed E-state index contributed by atoms with van der Waals surface area (Å²) >= 11 is 1.66. The van der Waals surface area contributed by atoms with Gasteiger partial charge in [-0.1, -0.05) is 0 Å². The average Bonchev–Trinajstić information content (AvgIpc) is 2.85. The van der Waals surface area contributed by atoms with Gasteiger partial charge >= 0.3 is 5.97 Å². The van der Waals surface area contributed by atoms with Gasteiger partial charge in [0, 0.05) is 23.5 Å². The van der Waals surface area contributed by atoms with Gasteiger partial charge in [0.1, 0.15) is 0 Å². The van der Waals surface area contributed by atoms with Gasteiger partial charge < -0.3 is 10.4 Å². The van der Waals surface area contributed by atoms with Crippen LogP contribution in [0.2, 0.25) is 0 Å². The first-order chi connectivity index (χ1) is 7.25. The predicted molar refractivity (Wildman–Crippen MR) is 58.3 cm³/mol. The third-order valence-corrected chi connectivity index (χ3v) is 3.79. The molecule has 0 bridgehead atoms. The van der Waals surface area contributed by atoms with Crippen LogP contribution in [-0.4, -0.2) is 29.1 Å². The monoisotopic (exact) mass is 226 g/mol. The van der Waals surface area contributed by atoms with E-state index in [1.54, 1.807) is 11.3 Å². The Labute approximate surface area is 92.3 Å². The summed E-state index contributed by atoms with van der Waals surface area (Å²) < 4.78 is 0. The van der Waals surface area contributed by atoms with Crippen LogP contribution in [0, 0.1) is 0 Å². The van der Waals surface area contributed by atoms with Crippen LogP contribution in [0.4, 0.5) is 0 Å². The van der Waals surface area contributed by atoms with Gasteiger partial charge in [0.15, 0.2) is 0 Å². The lowest BCUT2D eigenvalue weighted by atomic mass is 10.1. The number of nitrogens with one attached hydrogen (secondary N) is 1. The molecule has 0 spiro atoms. The van der Waals surface area contributed by atoms with E-state index < -0.39 is 5.97 Å². The number of hydrogen-bond donors (Lipinski definition) is 2. The van der Waals surface area contributed by atoms with Crippen LogP contribution >= 0.6 is 11.3 Å². The maximum absolute atomic E-state index is 10.4. The van der Waals surface area contributed by atoms with E-state index in [1.165, 1.54) is 0 Å². The number of carbonyl (C=O) groups is 1. The topological polar surface area (TPSA) is 62.2 Å². The van der Waals surface area contributed by atoms with Gasteiger partial charge in [-0.3, -0.25) is 4.79 Å². The molecule has 0 radical (unpaired) electrons. The van der Waals surface area contributed by atoms with Crippen molar-refractivity contribution in [2.24, 2.45) is 0 Å². The minimum absolute atomic E-state index is 0.199. The Balaban J connectivity index is 1.94. The number of aryl methyl sites for hydroxylation is 1. The first-order valence-electron chi connectivity index (χ1n) is 5.13. The Bertz CT molecular complexity index is 345. The normalized spacial score (nSPS) is 20.7. The molecule has 2 N–H and O–H groups in total. The number of nitrogens with zero attached hydrogens (tertiary/aromatic N) is 1. The molecule has 1 aliphatic rings. The molecule has 2 heterocycles. The quantitative estimate of drug-likeness (QED) is 0.810. The van der Waals surface area contributed by atoms with Crippen molar-refractivity contribution in [1.29, 1.82) is 0 Å². The van der Waals surface area contributed by atoms with Crippen molar-refractivity contribution >= 4 is 17.3 Å². The van der Waals surface area contributed by atoms with Crippen LogP contribution in [-0.2, 0) is 11.2 Å². The van der Waals surface area contributed by atoms with Gasteiger partial charge in [0.25, 0.3) is 0 Å². The number of aromatic nitrogens is 1. The summed E-state index contributed by atoms with van der Waals surface area (Å²) in [6, 6.07) is 0. The third kappa shape index (κ3) is 2.76. The number of carboxylic acid groups (broad SMARTS) is 1. The van der Waals surface area contributed by atoms with Crippen LogP contribution in [0.5, 0.6) is 0 Å². The molecule has 4 nitrogen and oxygen atoms in total. The zero-order valence-corrected chi connectivity index (χ0v) is 9.22. The van der Waals surface area contributed by atoms with Gasteiger partial charge in [-0.2, -0.15) is 0 Å². The van der Waals surface area contributed by atoms with Crippen molar-refractivity contribution in [3.63, 3.8) is 0 Å². The molecule has 0 aromatic carbocycles. The highest BCUT2D eigenvalue weighted by Crippen LogP contribution is 2.27. The molecular formula is C10H14N2O2S. The fourth-order valence-corrected chi connectivity index (χ4v) is 2.77. The molecule has 1 fully saturated rings. The molecule has 1 aliphatic heterocycles. The summed E-state index contributed by atoms with van der Waals surface area (Å²) in [6.07, 6.45) is 3.77. The average molecular weight is 226 g/mol. The van der Waals surface area contributed by atoms with E-state index in [-0.39, 0.29) is 6.42 Å². The highest BCUT2D eigenvalue weighted by molar-refractivity contribution is 7.11. The van der Waals surface area contributed by atoms with E-state index in [2.05, 4.69) is 10.3 Å². The Kier molecular flexibility index (Phi) is 3.33. The van der Waals surface area contributed by atoms with E-state index >= 15 is 0 Å². The largest absolute Gasteiger partial charge is 0.481 e. The minimum Gasteiger partial charge on any atom is -0.481 e. The van der Waals surface area contributed by atoms with Crippen LogP contribution in [0.1, 0.15) is 28.6 Å². The van der Waals surface area contributed by atoms with Crippen LogP contribution in [0.3, 0.4) is 0 Å². The van der Waals surface area contributed by atoms with Gasteiger partial charge in [0.05, 0.1) is 11.4 Å². The molecule has 1 saturated heterocycles.